The Hall–Kier alpha value is -0.730. The molecule has 0 spiro atoms. The van der Waals surface area contributed by atoms with Gasteiger partial charge in [0.1, 0.15) is 0 Å². The molecule has 0 aromatic heterocycles. The number of nitrogens with zero attached hydrogens (tertiary/aromatic N) is 1. The molecule has 0 radical (unpaired) electrons. The Bertz CT molecular complexity index is 938. The number of hydrogen-bond acceptors (Lipinski definition) is 6. The first-order chi connectivity index (χ1) is 25.5. The minimum Gasteiger partial charge on any atom is -0.378 e. The third-order valence-electron chi connectivity index (χ3n) is 14.0. The molecule has 7 nitrogen and oxygen atoms in total. The van der Waals surface area contributed by atoms with Crippen LogP contribution < -0.4 is 11.5 Å². The Balaban J connectivity index is 2.42. The van der Waals surface area contributed by atoms with E-state index < -0.39 is 0 Å². The average Bonchev–Trinajstić information content (AvgIpc) is 3.51. The van der Waals surface area contributed by atoms with Gasteiger partial charge in [-0.15, -0.1) is 0 Å². The minimum absolute atomic E-state index is 0.0368. The first-order valence-electron chi connectivity index (χ1n) is 23.0. The Morgan fingerprint density at radius 1 is 0.811 bits per heavy atom. The molecule has 2 aliphatic carbocycles. The van der Waals surface area contributed by atoms with Crippen LogP contribution in [0.15, 0.2) is 0 Å². The molecule has 0 aromatic carbocycles. The van der Waals surface area contributed by atoms with Crippen molar-refractivity contribution in [3.63, 3.8) is 0 Å². The van der Waals surface area contributed by atoms with Gasteiger partial charge in [0.25, 0.3) is 0 Å². The largest absolute Gasteiger partial charge is 0.378 e. The van der Waals surface area contributed by atoms with Crippen molar-refractivity contribution in [2.45, 2.75) is 203 Å². The lowest BCUT2D eigenvalue weighted by atomic mass is 9.49. The summed E-state index contributed by atoms with van der Waals surface area (Å²) in [6.07, 6.45) is 21.2. The molecule has 2 rings (SSSR count). The first-order valence-corrected chi connectivity index (χ1v) is 23.0. The fourth-order valence-corrected chi connectivity index (χ4v) is 10.6. The summed E-state index contributed by atoms with van der Waals surface area (Å²) >= 11 is 0. The van der Waals surface area contributed by atoms with Gasteiger partial charge in [0.15, 0.2) is 0 Å². The zero-order valence-corrected chi connectivity index (χ0v) is 36.7. The molecule has 0 heterocycles. The van der Waals surface area contributed by atoms with Crippen LogP contribution in [0.3, 0.4) is 0 Å². The molecule has 9 atom stereocenters. The van der Waals surface area contributed by atoms with Gasteiger partial charge in [-0.1, -0.05) is 94.4 Å². The molecule has 1 amide bonds. The van der Waals surface area contributed by atoms with E-state index in [0.29, 0.717) is 55.0 Å². The van der Waals surface area contributed by atoms with Crippen molar-refractivity contribution in [3.05, 3.63) is 0 Å². The highest BCUT2D eigenvalue weighted by Gasteiger charge is 2.62. The number of nitrogens with two attached hydrogens (primary N) is 2. The molecule has 7 heteroatoms. The maximum absolute atomic E-state index is 13.8. The molecule has 53 heavy (non-hydrogen) atoms. The van der Waals surface area contributed by atoms with Crippen LogP contribution in [-0.4, -0.2) is 75.1 Å². The van der Waals surface area contributed by atoms with E-state index in [1.165, 1.54) is 38.5 Å². The Morgan fingerprint density at radius 2 is 1.43 bits per heavy atom. The van der Waals surface area contributed by atoms with Gasteiger partial charge >= 0.3 is 0 Å². The molecule has 2 aliphatic rings. The lowest BCUT2D eigenvalue weighted by Crippen LogP contribution is -2.58. The molecule has 2 saturated carbocycles. The van der Waals surface area contributed by atoms with Crippen LogP contribution in [0.5, 0.6) is 0 Å². The van der Waals surface area contributed by atoms with E-state index >= 15 is 0 Å². The molecule has 0 bridgehead atoms. The maximum Gasteiger partial charge on any atom is 0.222 e. The van der Waals surface area contributed by atoms with Crippen molar-refractivity contribution in [3.8, 4) is 0 Å². The summed E-state index contributed by atoms with van der Waals surface area (Å²) in [5, 5.41) is 0. The van der Waals surface area contributed by atoms with Gasteiger partial charge in [-0.2, -0.15) is 0 Å². The molecule has 0 saturated heterocycles. The highest BCUT2D eigenvalue weighted by molar-refractivity contribution is 5.76. The van der Waals surface area contributed by atoms with Gasteiger partial charge < -0.3 is 30.6 Å². The molecule has 314 valence electrons. The van der Waals surface area contributed by atoms with Crippen molar-refractivity contribution in [1.82, 2.24) is 4.90 Å². The molecular weight excluding hydrogens is 659 g/mol. The summed E-state index contributed by atoms with van der Waals surface area (Å²) in [7, 11) is 0. The fourth-order valence-electron chi connectivity index (χ4n) is 10.6. The highest BCUT2D eigenvalue weighted by Crippen LogP contribution is 2.65. The van der Waals surface area contributed by atoms with Crippen LogP contribution in [-0.2, 0) is 19.0 Å². The van der Waals surface area contributed by atoms with E-state index in [-0.39, 0.29) is 29.1 Å². The standard InChI is InChI=1S/C46H91N3O4/c1-10-15-18-30-49(31-19-16-11-2)43(50)25-22-36(6)38-23-24-39-44(41(14-5)52-32-17-12-3)40(35-42(46(38,39)9)53-34-21-29-48)45(7,8)27-26-37(13-4)51-33-20-28-47/h36-42,44H,10-35,47-48H2,1-9H3/t36-,37+,38-,39+,40+,41-,42+,44?,46-/m1/s1. The highest BCUT2D eigenvalue weighted by atomic mass is 16.5. The van der Waals surface area contributed by atoms with Crippen LogP contribution in [0.2, 0.25) is 0 Å². The van der Waals surface area contributed by atoms with Crippen LogP contribution in [0.25, 0.3) is 0 Å². The van der Waals surface area contributed by atoms with E-state index in [4.69, 9.17) is 25.7 Å². The van der Waals surface area contributed by atoms with Gasteiger partial charge in [0.05, 0.1) is 18.3 Å². The molecule has 4 N–H and O–H groups in total. The van der Waals surface area contributed by atoms with Gasteiger partial charge in [-0.3, -0.25) is 4.79 Å². The Morgan fingerprint density at radius 3 is 2.02 bits per heavy atom. The number of carbonyl (C=O) groups is 1. The average molecular weight is 750 g/mol. The van der Waals surface area contributed by atoms with E-state index in [1.54, 1.807) is 0 Å². The smallest absolute Gasteiger partial charge is 0.222 e. The Kier molecular flexibility index (Phi) is 24.0. The van der Waals surface area contributed by atoms with Gasteiger partial charge in [0.2, 0.25) is 5.91 Å². The second kappa shape index (κ2) is 26.2. The summed E-state index contributed by atoms with van der Waals surface area (Å²) in [5.41, 5.74) is 12.0. The monoisotopic (exact) mass is 750 g/mol. The molecule has 1 unspecified atom stereocenters. The lowest BCUT2D eigenvalue weighted by molar-refractivity contribution is -0.185. The quantitative estimate of drug-likeness (QED) is 0.0685. The van der Waals surface area contributed by atoms with E-state index in [2.05, 4.69) is 67.2 Å². The molecule has 0 aromatic rings. The summed E-state index contributed by atoms with van der Waals surface area (Å²) in [4.78, 5) is 16.0. The van der Waals surface area contributed by atoms with Crippen molar-refractivity contribution >= 4 is 5.91 Å². The number of hydrogen-bond donors (Lipinski definition) is 2. The van der Waals surface area contributed by atoms with Crippen molar-refractivity contribution in [2.75, 3.05) is 46.0 Å². The lowest BCUT2D eigenvalue weighted by Gasteiger charge is -2.59. The fraction of sp³-hybridized carbons (Fsp3) is 0.978. The topological polar surface area (TPSA) is 100 Å². The van der Waals surface area contributed by atoms with Gasteiger partial charge in [-0.25, -0.2) is 0 Å². The van der Waals surface area contributed by atoms with Crippen LogP contribution >= 0.6 is 0 Å². The predicted molar refractivity (Wildman–Crippen MR) is 225 cm³/mol. The number of rotatable bonds is 31. The summed E-state index contributed by atoms with van der Waals surface area (Å²) in [6.45, 7) is 27.0. The maximum atomic E-state index is 13.8. The zero-order valence-electron chi connectivity index (χ0n) is 36.7. The van der Waals surface area contributed by atoms with E-state index in [9.17, 15) is 4.79 Å². The zero-order chi connectivity index (χ0) is 39.3. The van der Waals surface area contributed by atoms with Crippen LogP contribution in [0.1, 0.15) is 184 Å². The molecule has 2 fully saturated rings. The van der Waals surface area contributed by atoms with E-state index in [1.807, 2.05) is 0 Å². The van der Waals surface area contributed by atoms with Gasteiger partial charge in [-0.05, 0) is 132 Å². The summed E-state index contributed by atoms with van der Waals surface area (Å²) in [6, 6.07) is 0. The Labute approximate surface area is 329 Å². The predicted octanol–water partition coefficient (Wildman–Crippen LogP) is 10.6. The first kappa shape index (κ1) is 48.4. The third-order valence-corrected chi connectivity index (χ3v) is 14.0. The van der Waals surface area contributed by atoms with Crippen molar-refractivity contribution in [1.29, 1.82) is 0 Å². The number of amides is 1. The number of fused-ring (bicyclic) bond motifs is 1. The molecule has 0 aliphatic heterocycles. The minimum atomic E-state index is 0.0368. The van der Waals surface area contributed by atoms with Crippen LogP contribution in [0, 0.1) is 40.4 Å². The second-order valence-electron chi connectivity index (χ2n) is 18.1. The third kappa shape index (κ3) is 14.6. The number of unbranched alkanes of at least 4 members (excludes halogenated alkanes) is 5. The second-order valence-corrected chi connectivity index (χ2v) is 18.1. The summed E-state index contributed by atoms with van der Waals surface area (Å²) in [5.74, 6) is 2.86. The number of carbonyl (C=O) groups excluding carboxylic acids is 1. The summed E-state index contributed by atoms with van der Waals surface area (Å²) < 4.78 is 20.3. The van der Waals surface area contributed by atoms with Crippen LogP contribution in [0.4, 0.5) is 0 Å². The van der Waals surface area contributed by atoms with Crippen molar-refractivity contribution in [2.24, 2.45) is 51.9 Å². The molecular formula is C46H91N3O4. The van der Waals surface area contributed by atoms with Gasteiger partial charge in [0, 0.05) is 44.7 Å². The van der Waals surface area contributed by atoms with Crippen molar-refractivity contribution < 1.29 is 19.0 Å². The normalized spacial score (nSPS) is 26.4. The number of ether oxygens (including phenoxy) is 3. The SMILES string of the molecule is CCCCCN(CCCCC)C(=O)CC[C@@H](C)[C@H]1CC[C@H]2C([C@@H](CC)OCCCC)[C@@H](C(C)(C)CC[C@H](CC)OCCCN)C[C@H](OCCCN)[C@]12C. The van der Waals surface area contributed by atoms with E-state index in [0.717, 1.165) is 110 Å².